The van der Waals surface area contributed by atoms with E-state index in [0.29, 0.717) is 6.04 Å². The van der Waals surface area contributed by atoms with Gasteiger partial charge >= 0.3 is 0 Å². The van der Waals surface area contributed by atoms with E-state index in [0.717, 1.165) is 17.7 Å². The van der Waals surface area contributed by atoms with E-state index >= 15 is 0 Å². The van der Waals surface area contributed by atoms with Crippen molar-refractivity contribution in [1.29, 1.82) is 0 Å². The summed E-state index contributed by atoms with van der Waals surface area (Å²) in [6.07, 6.45) is 8.99. The van der Waals surface area contributed by atoms with Crippen LogP contribution in [-0.4, -0.2) is 48.1 Å². The molecule has 1 aromatic rings. The Morgan fingerprint density at radius 2 is 2.05 bits per heavy atom. The van der Waals surface area contributed by atoms with Crippen LogP contribution in [0.4, 0.5) is 0 Å². The molecule has 116 valence electrons. The summed E-state index contributed by atoms with van der Waals surface area (Å²) < 4.78 is 0. The van der Waals surface area contributed by atoms with E-state index < -0.39 is 0 Å². The summed E-state index contributed by atoms with van der Waals surface area (Å²) in [6, 6.07) is 12.4. The van der Waals surface area contributed by atoms with Gasteiger partial charge < -0.3 is 5.32 Å². The van der Waals surface area contributed by atoms with Gasteiger partial charge in [-0.3, -0.25) is 4.90 Å². The smallest absolute Gasteiger partial charge is 0.0235 e. The summed E-state index contributed by atoms with van der Waals surface area (Å²) in [5.74, 6) is 0. The number of nitrogens with zero attached hydrogens (tertiary/aromatic N) is 1. The van der Waals surface area contributed by atoms with E-state index in [-0.39, 0.29) is 0 Å². The number of thioether (sulfide) groups is 1. The van der Waals surface area contributed by atoms with E-state index in [1.54, 1.807) is 0 Å². The molecule has 2 fully saturated rings. The van der Waals surface area contributed by atoms with Crippen LogP contribution in [0.1, 0.15) is 31.2 Å². The summed E-state index contributed by atoms with van der Waals surface area (Å²) in [5.41, 5.74) is 1.46. The molecular formula is C18H28N2S. The number of hydrogen-bond donors (Lipinski definition) is 1. The molecule has 3 unspecified atom stereocenters. The average Bonchev–Trinajstić information content (AvgIpc) is 2.88. The Hall–Kier alpha value is -0.510. The first-order valence-corrected chi connectivity index (χ1v) is 9.70. The summed E-state index contributed by atoms with van der Waals surface area (Å²) in [4.78, 5) is 2.79. The second-order valence-electron chi connectivity index (χ2n) is 6.46. The molecule has 1 N–H and O–H groups in total. The Balaban J connectivity index is 1.63. The molecule has 0 bridgehead atoms. The zero-order valence-electron chi connectivity index (χ0n) is 13.1. The Bertz CT molecular complexity index is 422. The topological polar surface area (TPSA) is 15.3 Å². The molecule has 2 nitrogen and oxygen atoms in total. The number of nitrogens with one attached hydrogen (secondary N) is 1. The zero-order valence-corrected chi connectivity index (χ0v) is 13.9. The first-order valence-electron chi connectivity index (χ1n) is 8.41. The van der Waals surface area contributed by atoms with Crippen LogP contribution in [-0.2, 0) is 6.42 Å². The molecule has 1 saturated carbocycles. The van der Waals surface area contributed by atoms with Gasteiger partial charge in [-0.2, -0.15) is 11.8 Å². The Morgan fingerprint density at radius 3 is 2.86 bits per heavy atom. The molecule has 1 aromatic carbocycles. The maximum absolute atomic E-state index is 3.77. The van der Waals surface area contributed by atoms with Crippen molar-refractivity contribution < 1.29 is 0 Å². The molecule has 1 saturated heterocycles. The zero-order chi connectivity index (χ0) is 14.5. The van der Waals surface area contributed by atoms with E-state index in [1.807, 2.05) is 0 Å². The molecular weight excluding hydrogens is 276 g/mol. The van der Waals surface area contributed by atoms with Crippen molar-refractivity contribution in [3.05, 3.63) is 35.9 Å². The van der Waals surface area contributed by atoms with Gasteiger partial charge in [-0.25, -0.2) is 0 Å². The fourth-order valence-corrected chi connectivity index (χ4v) is 4.99. The third-order valence-corrected chi connectivity index (χ3v) is 6.18. The van der Waals surface area contributed by atoms with Gasteiger partial charge in [0.15, 0.2) is 0 Å². The average molecular weight is 305 g/mol. The van der Waals surface area contributed by atoms with Gasteiger partial charge in [0.05, 0.1) is 0 Å². The normalized spacial score (nSPS) is 31.2. The van der Waals surface area contributed by atoms with Crippen LogP contribution in [0.15, 0.2) is 30.3 Å². The number of rotatable bonds is 4. The highest BCUT2D eigenvalue weighted by molar-refractivity contribution is 7.99. The minimum Gasteiger partial charge on any atom is -0.312 e. The van der Waals surface area contributed by atoms with Gasteiger partial charge in [-0.05, 0) is 50.6 Å². The molecule has 0 amide bonds. The van der Waals surface area contributed by atoms with E-state index in [4.69, 9.17) is 0 Å². The highest BCUT2D eigenvalue weighted by Gasteiger charge is 2.33. The number of hydrogen-bond acceptors (Lipinski definition) is 3. The Labute approximate surface area is 133 Å². The molecule has 1 aliphatic heterocycles. The molecule has 1 heterocycles. The fourth-order valence-electron chi connectivity index (χ4n) is 3.96. The van der Waals surface area contributed by atoms with Gasteiger partial charge in [-0.15, -0.1) is 0 Å². The molecule has 3 heteroatoms. The molecule has 3 rings (SSSR count). The maximum atomic E-state index is 3.77. The molecule has 0 spiro atoms. The molecule has 3 atom stereocenters. The van der Waals surface area contributed by atoms with Crippen LogP contribution in [0.25, 0.3) is 0 Å². The second kappa shape index (κ2) is 7.66. The number of benzene rings is 1. The molecule has 0 radical (unpaired) electrons. The van der Waals surface area contributed by atoms with Gasteiger partial charge in [0.25, 0.3) is 0 Å². The highest BCUT2D eigenvalue weighted by atomic mass is 32.2. The maximum Gasteiger partial charge on any atom is 0.0235 e. The van der Waals surface area contributed by atoms with Crippen LogP contribution in [0.3, 0.4) is 0 Å². The van der Waals surface area contributed by atoms with Crippen molar-refractivity contribution in [2.75, 3.05) is 25.9 Å². The highest BCUT2D eigenvalue weighted by Crippen LogP contribution is 2.32. The van der Waals surface area contributed by atoms with E-state index in [2.05, 4.69) is 58.6 Å². The van der Waals surface area contributed by atoms with Crippen molar-refractivity contribution in [1.82, 2.24) is 10.2 Å². The van der Waals surface area contributed by atoms with E-state index in [9.17, 15) is 0 Å². The first-order chi connectivity index (χ1) is 10.4. The summed E-state index contributed by atoms with van der Waals surface area (Å²) >= 11 is 2.08. The lowest BCUT2D eigenvalue weighted by Crippen LogP contribution is -2.45. The molecule has 0 aromatic heterocycles. The predicted octanol–water partition coefficient (Wildman–Crippen LogP) is 3.18. The predicted molar refractivity (Wildman–Crippen MR) is 93.1 cm³/mol. The van der Waals surface area contributed by atoms with Crippen LogP contribution in [0, 0.1) is 0 Å². The Kier molecular flexibility index (Phi) is 5.61. The van der Waals surface area contributed by atoms with Crippen molar-refractivity contribution in [2.24, 2.45) is 0 Å². The lowest BCUT2D eigenvalue weighted by molar-refractivity contribution is 0.198. The van der Waals surface area contributed by atoms with E-state index in [1.165, 1.54) is 50.9 Å². The second-order valence-corrected chi connectivity index (χ2v) is 7.54. The summed E-state index contributed by atoms with van der Waals surface area (Å²) in [5, 5.41) is 4.63. The lowest BCUT2D eigenvalue weighted by Gasteiger charge is -2.33. The van der Waals surface area contributed by atoms with Crippen LogP contribution in [0.5, 0.6) is 0 Å². The van der Waals surface area contributed by atoms with Crippen molar-refractivity contribution in [3.63, 3.8) is 0 Å². The quantitative estimate of drug-likeness (QED) is 0.920. The van der Waals surface area contributed by atoms with Crippen LogP contribution in [0.2, 0.25) is 0 Å². The minimum atomic E-state index is 0.609. The first kappa shape index (κ1) is 15.4. The van der Waals surface area contributed by atoms with Crippen LogP contribution < -0.4 is 5.32 Å². The van der Waals surface area contributed by atoms with Crippen molar-refractivity contribution in [2.45, 2.75) is 49.4 Å². The molecule has 1 aliphatic carbocycles. The Morgan fingerprint density at radius 1 is 1.19 bits per heavy atom. The summed E-state index contributed by atoms with van der Waals surface area (Å²) in [6.45, 7) is 3.67. The lowest BCUT2D eigenvalue weighted by atomic mass is 10.0. The summed E-state index contributed by atoms with van der Waals surface area (Å²) in [7, 11) is 0. The van der Waals surface area contributed by atoms with Gasteiger partial charge in [-0.1, -0.05) is 36.8 Å². The van der Waals surface area contributed by atoms with Gasteiger partial charge in [0.2, 0.25) is 0 Å². The molecule has 2 aliphatic rings. The SMILES string of the molecule is CSC1CCCC1N1CCCNC(Cc2ccccc2)C1. The monoisotopic (exact) mass is 304 g/mol. The molecule has 21 heavy (non-hydrogen) atoms. The minimum absolute atomic E-state index is 0.609. The largest absolute Gasteiger partial charge is 0.312 e. The fraction of sp³-hybridized carbons (Fsp3) is 0.667. The standard InChI is InChI=1S/C18H28N2S/c1-21-18-10-5-9-17(18)20-12-6-11-19-16(14-20)13-15-7-3-2-4-8-15/h2-4,7-8,16-19H,5-6,9-14H2,1H3. The third kappa shape index (κ3) is 4.02. The van der Waals surface area contributed by atoms with Gasteiger partial charge in [0.1, 0.15) is 0 Å². The van der Waals surface area contributed by atoms with Crippen molar-refractivity contribution in [3.8, 4) is 0 Å². The van der Waals surface area contributed by atoms with Crippen LogP contribution >= 0.6 is 11.8 Å². The van der Waals surface area contributed by atoms with Gasteiger partial charge in [0, 0.05) is 23.9 Å². The van der Waals surface area contributed by atoms with Crippen molar-refractivity contribution >= 4 is 11.8 Å². The third-order valence-electron chi connectivity index (χ3n) is 5.02.